The van der Waals surface area contributed by atoms with Gasteiger partial charge in [0.1, 0.15) is 0 Å². The van der Waals surface area contributed by atoms with Crippen molar-refractivity contribution in [1.29, 1.82) is 0 Å². The zero-order valence-corrected chi connectivity index (χ0v) is 15.1. The maximum atomic E-state index is 5.98. The fourth-order valence-corrected chi connectivity index (χ4v) is 2.56. The molecule has 0 aromatic heterocycles. The molecule has 1 saturated heterocycles. The second-order valence-electron chi connectivity index (χ2n) is 6.23. The molecular weight excluding hydrogens is 314 g/mol. The SMILES string of the molecule is CC(COCCOC1(C)CCNCC1)OCc1ccccc1.Cl. The summed E-state index contributed by atoms with van der Waals surface area (Å²) in [7, 11) is 0. The van der Waals surface area contributed by atoms with Crippen LogP contribution >= 0.6 is 12.4 Å². The summed E-state index contributed by atoms with van der Waals surface area (Å²) in [5.74, 6) is 0. The molecule has 1 aromatic carbocycles. The molecule has 0 aliphatic carbocycles. The van der Waals surface area contributed by atoms with Gasteiger partial charge in [-0.05, 0) is 45.3 Å². The number of ether oxygens (including phenoxy) is 3. The molecule has 1 aliphatic rings. The van der Waals surface area contributed by atoms with Crippen LogP contribution < -0.4 is 5.32 Å². The van der Waals surface area contributed by atoms with E-state index in [-0.39, 0.29) is 24.1 Å². The summed E-state index contributed by atoms with van der Waals surface area (Å²) in [6.07, 6.45) is 2.24. The van der Waals surface area contributed by atoms with Gasteiger partial charge in [-0.3, -0.25) is 0 Å². The minimum Gasteiger partial charge on any atom is -0.376 e. The van der Waals surface area contributed by atoms with Gasteiger partial charge < -0.3 is 19.5 Å². The van der Waals surface area contributed by atoms with Crippen molar-refractivity contribution >= 4 is 12.4 Å². The molecule has 0 saturated carbocycles. The molecule has 1 unspecified atom stereocenters. The van der Waals surface area contributed by atoms with Crippen molar-refractivity contribution in [2.24, 2.45) is 0 Å². The predicted molar refractivity (Wildman–Crippen MR) is 95.2 cm³/mol. The van der Waals surface area contributed by atoms with Crippen molar-refractivity contribution in [1.82, 2.24) is 5.32 Å². The molecule has 0 bridgehead atoms. The summed E-state index contributed by atoms with van der Waals surface area (Å²) < 4.78 is 17.4. The van der Waals surface area contributed by atoms with Crippen LogP contribution in [0.15, 0.2) is 30.3 Å². The highest BCUT2D eigenvalue weighted by Gasteiger charge is 2.26. The number of hydrogen-bond acceptors (Lipinski definition) is 4. The highest BCUT2D eigenvalue weighted by molar-refractivity contribution is 5.85. The van der Waals surface area contributed by atoms with Gasteiger partial charge >= 0.3 is 0 Å². The predicted octanol–water partition coefficient (Wildman–Crippen LogP) is 3.19. The van der Waals surface area contributed by atoms with E-state index >= 15 is 0 Å². The molecule has 0 amide bonds. The van der Waals surface area contributed by atoms with Gasteiger partial charge in [0.15, 0.2) is 0 Å². The Kier molecular flexibility index (Phi) is 9.75. The molecule has 23 heavy (non-hydrogen) atoms. The van der Waals surface area contributed by atoms with Crippen LogP contribution in [0.25, 0.3) is 0 Å². The Morgan fingerprint density at radius 1 is 1.13 bits per heavy atom. The Hall–Kier alpha value is -0.650. The van der Waals surface area contributed by atoms with Gasteiger partial charge in [-0.2, -0.15) is 0 Å². The van der Waals surface area contributed by atoms with E-state index in [4.69, 9.17) is 14.2 Å². The maximum absolute atomic E-state index is 5.98. The summed E-state index contributed by atoms with van der Waals surface area (Å²) in [5, 5.41) is 3.36. The highest BCUT2D eigenvalue weighted by atomic mass is 35.5. The lowest BCUT2D eigenvalue weighted by Gasteiger charge is -2.34. The summed E-state index contributed by atoms with van der Waals surface area (Å²) >= 11 is 0. The normalized spacial score (nSPS) is 18.2. The average molecular weight is 344 g/mol. The van der Waals surface area contributed by atoms with Crippen LogP contribution in [0.4, 0.5) is 0 Å². The standard InChI is InChI=1S/C18H29NO3.ClH/c1-16(21-15-17-6-4-3-5-7-17)14-20-12-13-22-18(2)8-10-19-11-9-18;/h3-7,16,19H,8-15H2,1-2H3;1H. The Bertz CT molecular complexity index is 410. The van der Waals surface area contributed by atoms with E-state index in [1.165, 1.54) is 5.56 Å². The van der Waals surface area contributed by atoms with Crippen LogP contribution in [-0.4, -0.2) is 44.6 Å². The number of benzene rings is 1. The van der Waals surface area contributed by atoms with Crippen molar-refractivity contribution in [3.05, 3.63) is 35.9 Å². The van der Waals surface area contributed by atoms with E-state index in [2.05, 4.69) is 24.4 Å². The second-order valence-corrected chi connectivity index (χ2v) is 6.23. The summed E-state index contributed by atoms with van der Waals surface area (Å²) in [6, 6.07) is 10.2. The lowest BCUT2D eigenvalue weighted by Crippen LogP contribution is -2.42. The molecule has 132 valence electrons. The lowest BCUT2D eigenvalue weighted by molar-refractivity contribution is -0.0834. The molecule has 1 fully saturated rings. The molecule has 5 heteroatoms. The van der Waals surface area contributed by atoms with Crippen molar-refractivity contribution in [2.45, 2.75) is 45.0 Å². The number of piperidine rings is 1. The van der Waals surface area contributed by atoms with E-state index in [9.17, 15) is 0 Å². The zero-order chi connectivity index (χ0) is 15.7. The van der Waals surface area contributed by atoms with E-state index in [0.29, 0.717) is 26.4 Å². The average Bonchev–Trinajstić information content (AvgIpc) is 2.54. The monoisotopic (exact) mass is 343 g/mol. The first-order valence-corrected chi connectivity index (χ1v) is 8.26. The first kappa shape index (κ1) is 20.4. The molecule has 0 radical (unpaired) electrons. The summed E-state index contributed by atoms with van der Waals surface area (Å²) in [4.78, 5) is 0. The Morgan fingerprint density at radius 2 is 1.83 bits per heavy atom. The third-order valence-electron chi connectivity index (χ3n) is 4.07. The van der Waals surface area contributed by atoms with Crippen LogP contribution in [0.2, 0.25) is 0 Å². The molecule has 1 N–H and O–H groups in total. The maximum Gasteiger partial charge on any atom is 0.0785 e. The van der Waals surface area contributed by atoms with E-state index < -0.39 is 0 Å². The Labute approximate surface area is 146 Å². The fraction of sp³-hybridized carbons (Fsp3) is 0.667. The first-order valence-electron chi connectivity index (χ1n) is 8.26. The third-order valence-corrected chi connectivity index (χ3v) is 4.07. The number of rotatable bonds is 9. The lowest BCUT2D eigenvalue weighted by atomic mass is 9.95. The number of halogens is 1. The largest absolute Gasteiger partial charge is 0.376 e. The van der Waals surface area contributed by atoms with Crippen molar-refractivity contribution in [3.8, 4) is 0 Å². The van der Waals surface area contributed by atoms with Crippen molar-refractivity contribution in [2.75, 3.05) is 32.9 Å². The van der Waals surface area contributed by atoms with Gasteiger partial charge in [-0.1, -0.05) is 30.3 Å². The molecule has 1 heterocycles. The molecular formula is C18H30ClNO3. The Balaban J connectivity index is 0.00000264. The Morgan fingerprint density at radius 3 is 2.52 bits per heavy atom. The van der Waals surface area contributed by atoms with Gasteiger partial charge in [0, 0.05) is 0 Å². The number of hydrogen-bond donors (Lipinski definition) is 1. The van der Waals surface area contributed by atoms with Crippen LogP contribution in [0.1, 0.15) is 32.3 Å². The molecule has 4 nitrogen and oxygen atoms in total. The minimum atomic E-state index is 0. The number of nitrogens with one attached hydrogen (secondary N) is 1. The van der Waals surface area contributed by atoms with E-state index in [1.54, 1.807) is 0 Å². The van der Waals surface area contributed by atoms with Crippen LogP contribution in [0, 0.1) is 0 Å². The van der Waals surface area contributed by atoms with Crippen LogP contribution in [0.5, 0.6) is 0 Å². The fourth-order valence-electron chi connectivity index (χ4n) is 2.56. The van der Waals surface area contributed by atoms with Crippen molar-refractivity contribution in [3.63, 3.8) is 0 Å². The third kappa shape index (κ3) is 8.13. The highest BCUT2D eigenvalue weighted by Crippen LogP contribution is 2.21. The van der Waals surface area contributed by atoms with Gasteiger partial charge in [0.05, 0.1) is 38.1 Å². The minimum absolute atomic E-state index is 0. The topological polar surface area (TPSA) is 39.7 Å². The van der Waals surface area contributed by atoms with Gasteiger partial charge in [0.25, 0.3) is 0 Å². The van der Waals surface area contributed by atoms with Gasteiger partial charge in [-0.25, -0.2) is 0 Å². The molecule has 2 rings (SSSR count). The quantitative estimate of drug-likeness (QED) is 0.699. The second kappa shape index (κ2) is 11.0. The molecule has 1 aromatic rings. The first-order chi connectivity index (χ1) is 10.7. The van der Waals surface area contributed by atoms with Crippen LogP contribution in [-0.2, 0) is 20.8 Å². The summed E-state index contributed by atoms with van der Waals surface area (Å²) in [5.41, 5.74) is 1.21. The zero-order valence-electron chi connectivity index (χ0n) is 14.3. The van der Waals surface area contributed by atoms with E-state index in [0.717, 1.165) is 25.9 Å². The van der Waals surface area contributed by atoms with E-state index in [1.807, 2.05) is 25.1 Å². The van der Waals surface area contributed by atoms with Gasteiger partial charge in [-0.15, -0.1) is 12.4 Å². The molecule has 0 spiro atoms. The molecule has 1 aliphatic heterocycles. The van der Waals surface area contributed by atoms with Crippen LogP contribution in [0.3, 0.4) is 0 Å². The smallest absolute Gasteiger partial charge is 0.0785 e. The van der Waals surface area contributed by atoms with Gasteiger partial charge in [0.2, 0.25) is 0 Å². The summed E-state index contributed by atoms with van der Waals surface area (Å²) in [6.45, 7) is 8.84. The molecule has 1 atom stereocenters. The van der Waals surface area contributed by atoms with Crippen molar-refractivity contribution < 1.29 is 14.2 Å².